The molecule has 1 aliphatic rings. The van der Waals surface area contributed by atoms with Crippen LogP contribution >= 0.6 is 11.6 Å². The lowest BCUT2D eigenvalue weighted by Gasteiger charge is -2.12. The zero-order valence-electron chi connectivity index (χ0n) is 10.6. The molecule has 0 radical (unpaired) electrons. The van der Waals surface area contributed by atoms with Gasteiger partial charge in [0.05, 0.1) is 17.6 Å². The first-order valence-electron chi connectivity index (χ1n) is 5.89. The second-order valence-corrected chi connectivity index (χ2v) is 7.19. The number of anilines is 1. The van der Waals surface area contributed by atoms with Gasteiger partial charge in [-0.05, 0) is 31.9 Å². The summed E-state index contributed by atoms with van der Waals surface area (Å²) in [6.07, 6.45) is 0.449. The van der Waals surface area contributed by atoms with Crippen LogP contribution in [0.4, 0.5) is 5.95 Å². The second kappa shape index (κ2) is 5.46. The summed E-state index contributed by atoms with van der Waals surface area (Å²) >= 11 is 5.77. The Hall–Kier alpha value is -1.15. The fraction of sp³-hybridized carbons (Fsp3) is 0.700. The van der Waals surface area contributed by atoms with E-state index in [1.807, 2.05) is 13.8 Å². The number of nitrogens with one attached hydrogen (secondary N) is 1. The highest BCUT2D eigenvalue weighted by Crippen LogP contribution is 2.18. The number of hydrogen-bond donors (Lipinski definition) is 1. The summed E-state index contributed by atoms with van der Waals surface area (Å²) in [4.78, 5) is 11.8. The van der Waals surface area contributed by atoms with Crippen molar-refractivity contribution >= 4 is 27.4 Å². The maximum Gasteiger partial charge on any atom is 0.322 e. The van der Waals surface area contributed by atoms with Crippen molar-refractivity contribution in [3.63, 3.8) is 0 Å². The Morgan fingerprint density at radius 2 is 2.11 bits per heavy atom. The summed E-state index contributed by atoms with van der Waals surface area (Å²) in [6.45, 7) is 3.68. The lowest BCUT2D eigenvalue weighted by molar-refractivity contribution is 0.222. The molecule has 1 aromatic rings. The summed E-state index contributed by atoms with van der Waals surface area (Å²) in [5.74, 6) is 0.493. The number of halogens is 1. The van der Waals surface area contributed by atoms with Crippen LogP contribution in [0, 0.1) is 0 Å². The second-order valence-electron chi connectivity index (χ2n) is 4.62. The minimum atomic E-state index is -2.95. The van der Waals surface area contributed by atoms with Crippen LogP contribution in [0.25, 0.3) is 0 Å². The van der Waals surface area contributed by atoms with Gasteiger partial charge in [-0.1, -0.05) is 0 Å². The molecule has 1 unspecified atom stereocenters. The van der Waals surface area contributed by atoms with Crippen molar-refractivity contribution in [2.24, 2.45) is 0 Å². The van der Waals surface area contributed by atoms with Gasteiger partial charge in [0.25, 0.3) is 0 Å². The largest absolute Gasteiger partial charge is 0.461 e. The van der Waals surface area contributed by atoms with Crippen LogP contribution in [0.15, 0.2) is 0 Å². The maximum atomic E-state index is 11.4. The van der Waals surface area contributed by atoms with Crippen LogP contribution in [0.3, 0.4) is 0 Å². The third kappa shape index (κ3) is 4.17. The van der Waals surface area contributed by atoms with Crippen molar-refractivity contribution in [3.05, 3.63) is 5.28 Å². The molecule has 1 atom stereocenters. The maximum absolute atomic E-state index is 11.4. The van der Waals surface area contributed by atoms with E-state index in [9.17, 15) is 8.42 Å². The third-order valence-corrected chi connectivity index (χ3v) is 4.43. The molecule has 0 aliphatic carbocycles. The van der Waals surface area contributed by atoms with E-state index in [1.165, 1.54) is 0 Å². The molecule has 1 saturated heterocycles. The molecule has 0 saturated carbocycles. The van der Waals surface area contributed by atoms with Crippen molar-refractivity contribution in [2.75, 3.05) is 16.8 Å². The Labute approximate surface area is 116 Å². The SMILES string of the molecule is CC(C)Oc1nc(Cl)nc(NC2CCS(=O)(=O)C2)n1. The zero-order chi connectivity index (χ0) is 14.0. The predicted octanol–water partition coefficient (Wildman–Crippen LogP) is 0.911. The molecule has 2 heterocycles. The number of aromatic nitrogens is 3. The molecule has 0 spiro atoms. The highest BCUT2D eigenvalue weighted by Gasteiger charge is 2.28. The van der Waals surface area contributed by atoms with Crippen molar-refractivity contribution in [2.45, 2.75) is 32.4 Å². The van der Waals surface area contributed by atoms with Gasteiger partial charge in [0.2, 0.25) is 11.2 Å². The average Bonchev–Trinajstić information content (AvgIpc) is 2.55. The molecular weight excluding hydrogens is 292 g/mol. The van der Waals surface area contributed by atoms with E-state index in [2.05, 4.69) is 20.3 Å². The van der Waals surface area contributed by atoms with Crippen molar-refractivity contribution in [1.82, 2.24) is 15.0 Å². The van der Waals surface area contributed by atoms with Gasteiger partial charge in [0, 0.05) is 6.04 Å². The normalized spacial score (nSPS) is 21.6. The first-order chi connectivity index (χ1) is 8.84. The molecule has 2 rings (SSSR count). The molecule has 0 bridgehead atoms. The Morgan fingerprint density at radius 3 is 2.68 bits per heavy atom. The molecular formula is C10H15ClN4O3S. The van der Waals surface area contributed by atoms with Crippen molar-refractivity contribution < 1.29 is 13.2 Å². The fourth-order valence-corrected chi connectivity index (χ4v) is 3.58. The quantitative estimate of drug-likeness (QED) is 0.883. The van der Waals surface area contributed by atoms with Crippen LogP contribution in [0.2, 0.25) is 5.28 Å². The molecule has 1 aromatic heterocycles. The van der Waals surface area contributed by atoms with E-state index in [4.69, 9.17) is 16.3 Å². The summed E-state index contributed by atoms with van der Waals surface area (Å²) < 4.78 is 28.1. The lowest BCUT2D eigenvalue weighted by atomic mass is 10.3. The monoisotopic (exact) mass is 306 g/mol. The van der Waals surface area contributed by atoms with Gasteiger partial charge < -0.3 is 10.1 Å². The first kappa shape index (κ1) is 14.3. The van der Waals surface area contributed by atoms with Gasteiger partial charge in [-0.15, -0.1) is 0 Å². The van der Waals surface area contributed by atoms with Crippen LogP contribution < -0.4 is 10.1 Å². The molecule has 0 aromatic carbocycles. The highest BCUT2D eigenvalue weighted by atomic mass is 35.5. The number of ether oxygens (including phenoxy) is 1. The van der Waals surface area contributed by atoms with Crippen LogP contribution in [0.1, 0.15) is 20.3 Å². The molecule has 0 amide bonds. The van der Waals surface area contributed by atoms with Gasteiger partial charge in [-0.3, -0.25) is 0 Å². The summed E-state index contributed by atoms with van der Waals surface area (Å²) in [6, 6.07) is -0.0753. The fourth-order valence-electron chi connectivity index (χ4n) is 1.75. The number of hydrogen-bond acceptors (Lipinski definition) is 7. The first-order valence-corrected chi connectivity index (χ1v) is 8.09. The predicted molar refractivity (Wildman–Crippen MR) is 71.3 cm³/mol. The molecule has 19 heavy (non-hydrogen) atoms. The topological polar surface area (TPSA) is 94.1 Å². The van der Waals surface area contributed by atoms with E-state index < -0.39 is 9.84 Å². The Balaban J connectivity index is 2.10. The van der Waals surface area contributed by atoms with Gasteiger partial charge in [0.15, 0.2) is 9.84 Å². The minimum absolute atomic E-state index is 0.00834. The summed E-state index contributed by atoms with van der Waals surface area (Å²) in [5, 5.41) is 2.95. The number of rotatable bonds is 4. The molecule has 7 nitrogen and oxygen atoms in total. The molecule has 9 heteroatoms. The van der Waals surface area contributed by atoms with Gasteiger partial charge in [-0.2, -0.15) is 15.0 Å². The van der Waals surface area contributed by atoms with E-state index in [-0.39, 0.29) is 40.9 Å². The Bertz CT molecular complexity index is 564. The number of sulfone groups is 1. The van der Waals surface area contributed by atoms with Crippen molar-refractivity contribution in [1.29, 1.82) is 0 Å². The molecule has 1 N–H and O–H groups in total. The Morgan fingerprint density at radius 1 is 1.37 bits per heavy atom. The summed E-state index contributed by atoms with van der Waals surface area (Å²) in [7, 11) is -2.95. The summed E-state index contributed by atoms with van der Waals surface area (Å²) in [5.41, 5.74) is 0. The van der Waals surface area contributed by atoms with Gasteiger partial charge in [-0.25, -0.2) is 8.42 Å². The van der Waals surface area contributed by atoms with E-state index >= 15 is 0 Å². The highest BCUT2D eigenvalue weighted by molar-refractivity contribution is 7.91. The zero-order valence-corrected chi connectivity index (χ0v) is 12.2. The standard InChI is InChI=1S/C10H15ClN4O3S/c1-6(2)18-10-14-8(11)13-9(15-10)12-7-3-4-19(16,17)5-7/h6-7H,3-5H2,1-2H3,(H,12,13,14,15). The number of nitrogens with zero attached hydrogens (tertiary/aromatic N) is 3. The van der Waals surface area contributed by atoms with Crippen molar-refractivity contribution in [3.8, 4) is 6.01 Å². The molecule has 1 aliphatic heterocycles. The van der Waals surface area contributed by atoms with E-state index in [0.717, 1.165) is 0 Å². The molecule has 1 fully saturated rings. The van der Waals surface area contributed by atoms with Gasteiger partial charge >= 0.3 is 6.01 Å². The Kier molecular flexibility index (Phi) is 4.10. The van der Waals surface area contributed by atoms with Crippen LogP contribution in [-0.2, 0) is 9.84 Å². The lowest BCUT2D eigenvalue weighted by Crippen LogP contribution is -2.22. The van der Waals surface area contributed by atoms with Crippen LogP contribution in [-0.4, -0.2) is 47.0 Å². The van der Waals surface area contributed by atoms with E-state index in [0.29, 0.717) is 6.42 Å². The minimum Gasteiger partial charge on any atom is -0.461 e. The van der Waals surface area contributed by atoms with E-state index in [1.54, 1.807) is 0 Å². The van der Waals surface area contributed by atoms with Gasteiger partial charge in [0.1, 0.15) is 0 Å². The average molecular weight is 307 g/mol. The third-order valence-electron chi connectivity index (χ3n) is 2.49. The van der Waals surface area contributed by atoms with Crippen LogP contribution in [0.5, 0.6) is 6.01 Å². The molecule has 106 valence electrons. The smallest absolute Gasteiger partial charge is 0.322 e.